The molecule has 0 radical (unpaired) electrons. The van der Waals surface area contributed by atoms with Gasteiger partial charge in [-0.15, -0.1) is 0 Å². The highest BCUT2D eigenvalue weighted by atomic mass is 16.5. The first-order valence-corrected chi connectivity index (χ1v) is 9.71. The molecule has 1 N–H and O–H groups in total. The van der Waals surface area contributed by atoms with Crippen LogP contribution in [0.1, 0.15) is 35.4 Å². The normalized spacial score (nSPS) is 22.8. The van der Waals surface area contributed by atoms with Crippen LogP contribution in [0.15, 0.2) is 28.8 Å². The predicted octanol–water partition coefficient (Wildman–Crippen LogP) is 2.66. The highest BCUT2D eigenvalue weighted by molar-refractivity contribution is 5.79. The maximum Gasteiger partial charge on any atom is 0.227 e. The number of benzene rings is 1. The minimum atomic E-state index is 0.162. The number of aryl methyl sites for hydroxylation is 2. The molecule has 6 heteroatoms. The molecule has 5 rings (SSSR count). The second kappa shape index (κ2) is 7.35. The number of hydrogen-bond donors (Lipinski definition) is 1. The van der Waals surface area contributed by atoms with Gasteiger partial charge in [-0.05, 0) is 50.3 Å². The molecule has 3 saturated heterocycles. The Morgan fingerprint density at radius 3 is 2.85 bits per heavy atom. The average Bonchev–Trinajstić information content (AvgIpc) is 2.81. The third kappa shape index (κ3) is 3.86. The summed E-state index contributed by atoms with van der Waals surface area (Å²) >= 11 is 0. The lowest BCUT2D eigenvalue weighted by Gasteiger charge is -2.36. The number of piperidine rings is 1. The van der Waals surface area contributed by atoms with Gasteiger partial charge in [-0.1, -0.05) is 17.3 Å². The van der Waals surface area contributed by atoms with Gasteiger partial charge in [0.05, 0.1) is 12.1 Å². The number of phenolic OH excluding ortho intramolecular Hbond substituents is 1. The number of amides is 1. The van der Waals surface area contributed by atoms with Crippen LogP contribution >= 0.6 is 0 Å². The zero-order valence-electron chi connectivity index (χ0n) is 16.0. The number of phenols is 1. The van der Waals surface area contributed by atoms with E-state index in [1.807, 2.05) is 19.9 Å². The SMILES string of the molecule is Cc1noc(C)c1CN1C[C@@H]2CC[C@H](C1)N(C(=O)Cc1cccc(O)c1)C2. The van der Waals surface area contributed by atoms with Gasteiger partial charge in [0.2, 0.25) is 5.91 Å². The van der Waals surface area contributed by atoms with E-state index >= 15 is 0 Å². The molecule has 3 aliphatic rings. The molecule has 1 aromatic carbocycles. The van der Waals surface area contributed by atoms with Crippen molar-refractivity contribution in [3.05, 3.63) is 46.8 Å². The van der Waals surface area contributed by atoms with Crippen molar-refractivity contribution in [1.82, 2.24) is 15.0 Å². The van der Waals surface area contributed by atoms with Gasteiger partial charge in [0.25, 0.3) is 0 Å². The van der Waals surface area contributed by atoms with Crippen LogP contribution < -0.4 is 0 Å². The summed E-state index contributed by atoms with van der Waals surface area (Å²) in [5, 5.41) is 13.7. The molecule has 0 aliphatic carbocycles. The van der Waals surface area contributed by atoms with Crippen molar-refractivity contribution in [2.45, 2.75) is 45.7 Å². The van der Waals surface area contributed by atoms with E-state index < -0.39 is 0 Å². The van der Waals surface area contributed by atoms with E-state index in [0.717, 1.165) is 49.6 Å². The van der Waals surface area contributed by atoms with Gasteiger partial charge >= 0.3 is 0 Å². The van der Waals surface area contributed by atoms with Crippen LogP contribution in [0.25, 0.3) is 0 Å². The van der Waals surface area contributed by atoms with E-state index in [-0.39, 0.29) is 17.7 Å². The highest BCUT2D eigenvalue weighted by Crippen LogP contribution is 2.30. The molecule has 3 aliphatic heterocycles. The summed E-state index contributed by atoms with van der Waals surface area (Å²) in [6.07, 6.45) is 2.59. The van der Waals surface area contributed by atoms with E-state index in [1.165, 1.54) is 12.0 Å². The fourth-order valence-electron chi connectivity index (χ4n) is 4.51. The molecule has 0 saturated carbocycles. The first kappa shape index (κ1) is 18.0. The van der Waals surface area contributed by atoms with Crippen molar-refractivity contribution in [3.63, 3.8) is 0 Å². The fourth-order valence-corrected chi connectivity index (χ4v) is 4.51. The molecule has 144 valence electrons. The molecule has 2 bridgehead atoms. The summed E-state index contributed by atoms with van der Waals surface area (Å²) in [5.41, 5.74) is 3.00. The first-order chi connectivity index (χ1) is 13.0. The molecule has 1 aromatic heterocycles. The molecule has 1 amide bonds. The molecular weight excluding hydrogens is 342 g/mol. The van der Waals surface area contributed by atoms with Gasteiger partial charge in [0, 0.05) is 37.8 Å². The topological polar surface area (TPSA) is 69.8 Å². The lowest BCUT2D eigenvalue weighted by molar-refractivity contribution is -0.134. The van der Waals surface area contributed by atoms with E-state index in [4.69, 9.17) is 4.52 Å². The van der Waals surface area contributed by atoms with Crippen LogP contribution in [0.5, 0.6) is 5.75 Å². The third-order valence-electron chi connectivity index (χ3n) is 5.94. The molecule has 0 unspecified atom stereocenters. The van der Waals surface area contributed by atoms with Crippen LogP contribution in [-0.2, 0) is 17.8 Å². The number of nitrogens with zero attached hydrogens (tertiary/aromatic N) is 3. The number of rotatable bonds is 4. The van der Waals surface area contributed by atoms with Gasteiger partial charge in [0.15, 0.2) is 0 Å². The summed E-state index contributed by atoms with van der Waals surface area (Å²) in [6, 6.07) is 7.26. The van der Waals surface area contributed by atoms with Gasteiger partial charge in [0.1, 0.15) is 11.5 Å². The summed E-state index contributed by atoms with van der Waals surface area (Å²) in [4.78, 5) is 17.5. The molecular formula is C21H27N3O3. The Labute approximate surface area is 159 Å². The molecule has 2 aromatic rings. The predicted molar refractivity (Wildman–Crippen MR) is 101 cm³/mol. The van der Waals surface area contributed by atoms with Crippen LogP contribution in [-0.4, -0.2) is 51.6 Å². The molecule has 0 spiro atoms. The third-order valence-corrected chi connectivity index (χ3v) is 5.94. The Bertz CT molecular complexity index is 812. The number of fused-ring (bicyclic) bond motifs is 4. The Kier molecular flexibility index (Phi) is 4.91. The highest BCUT2D eigenvalue weighted by Gasteiger charge is 2.37. The first-order valence-electron chi connectivity index (χ1n) is 9.71. The van der Waals surface area contributed by atoms with Gasteiger partial charge in [-0.2, -0.15) is 0 Å². The van der Waals surface area contributed by atoms with E-state index in [9.17, 15) is 9.90 Å². The van der Waals surface area contributed by atoms with E-state index in [2.05, 4.69) is 15.0 Å². The summed E-state index contributed by atoms with van der Waals surface area (Å²) in [5.74, 6) is 1.77. The van der Waals surface area contributed by atoms with Crippen molar-refractivity contribution in [3.8, 4) is 5.75 Å². The van der Waals surface area contributed by atoms with Gasteiger partial charge in [-0.25, -0.2) is 0 Å². The molecule has 6 nitrogen and oxygen atoms in total. The monoisotopic (exact) mass is 369 g/mol. The maximum absolute atomic E-state index is 13.0. The maximum atomic E-state index is 13.0. The number of aromatic hydroxyl groups is 1. The minimum absolute atomic E-state index is 0.162. The number of aromatic nitrogens is 1. The van der Waals surface area contributed by atoms with Crippen LogP contribution in [0, 0.1) is 19.8 Å². The lowest BCUT2D eigenvalue weighted by Crippen LogP contribution is -2.48. The van der Waals surface area contributed by atoms with Crippen molar-refractivity contribution in [1.29, 1.82) is 0 Å². The minimum Gasteiger partial charge on any atom is -0.508 e. The Morgan fingerprint density at radius 2 is 2.11 bits per heavy atom. The Hall–Kier alpha value is -2.34. The quantitative estimate of drug-likeness (QED) is 0.897. The summed E-state index contributed by atoms with van der Waals surface area (Å²) < 4.78 is 5.31. The van der Waals surface area contributed by atoms with Crippen LogP contribution in [0.2, 0.25) is 0 Å². The number of carbonyl (C=O) groups is 1. The zero-order chi connectivity index (χ0) is 19.0. The molecule has 4 heterocycles. The van der Waals surface area contributed by atoms with Gasteiger partial charge in [-0.3, -0.25) is 9.69 Å². The number of hydrogen-bond acceptors (Lipinski definition) is 5. The standard InChI is InChI=1S/C21H27N3O3/c1-14-20(15(2)27-22-14)13-23-10-17-6-7-18(12-23)24(11-17)21(26)9-16-4-3-5-19(25)8-16/h3-5,8,17-18,25H,6-7,9-13H2,1-2H3/t17-,18+/m0/s1. The second-order valence-electron chi connectivity index (χ2n) is 7.99. The van der Waals surface area contributed by atoms with E-state index in [1.54, 1.807) is 18.2 Å². The number of carbonyl (C=O) groups excluding carboxylic acids is 1. The zero-order valence-corrected chi connectivity index (χ0v) is 16.0. The summed E-state index contributed by atoms with van der Waals surface area (Å²) in [6.45, 7) is 7.53. The Balaban J connectivity index is 1.45. The van der Waals surface area contributed by atoms with E-state index in [0.29, 0.717) is 12.3 Å². The van der Waals surface area contributed by atoms with Crippen molar-refractivity contribution in [2.75, 3.05) is 19.6 Å². The van der Waals surface area contributed by atoms with Crippen molar-refractivity contribution < 1.29 is 14.4 Å². The summed E-state index contributed by atoms with van der Waals surface area (Å²) in [7, 11) is 0. The van der Waals surface area contributed by atoms with Crippen LogP contribution in [0.4, 0.5) is 0 Å². The largest absolute Gasteiger partial charge is 0.508 e. The van der Waals surface area contributed by atoms with Crippen molar-refractivity contribution >= 4 is 5.91 Å². The van der Waals surface area contributed by atoms with Crippen LogP contribution in [0.3, 0.4) is 0 Å². The van der Waals surface area contributed by atoms with Gasteiger partial charge < -0.3 is 14.5 Å². The second-order valence-corrected chi connectivity index (χ2v) is 7.99. The molecule has 2 atom stereocenters. The molecule has 3 fully saturated rings. The Morgan fingerprint density at radius 1 is 1.26 bits per heavy atom. The molecule has 27 heavy (non-hydrogen) atoms. The van der Waals surface area contributed by atoms with Crippen molar-refractivity contribution in [2.24, 2.45) is 5.92 Å². The average molecular weight is 369 g/mol. The fraction of sp³-hybridized carbons (Fsp3) is 0.524. The smallest absolute Gasteiger partial charge is 0.227 e. The lowest BCUT2D eigenvalue weighted by atomic mass is 9.94.